The van der Waals surface area contributed by atoms with Crippen LogP contribution in [-0.4, -0.2) is 35.1 Å². The van der Waals surface area contributed by atoms with Crippen molar-refractivity contribution in [2.24, 2.45) is 4.99 Å². The third-order valence-corrected chi connectivity index (χ3v) is 5.22. The summed E-state index contributed by atoms with van der Waals surface area (Å²) in [7, 11) is 0. The highest BCUT2D eigenvalue weighted by Crippen LogP contribution is 2.49. The lowest BCUT2D eigenvalue weighted by atomic mass is 9.95. The molecule has 1 aromatic heterocycles. The van der Waals surface area contributed by atoms with Crippen molar-refractivity contribution in [3.63, 3.8) is 0 Å². The molecule has 0 atom stereocenters. The molecular weight excluding hydrogens is 468 g/mol. The van der Waals surface area contributed by atoms with Crippen molar-refractivity contribution >= 4 is 29.9 Å². The number of nitrogens with one attached hydrogen (secondary N) is 2. The van der Waals surface area contributed by atoms with Crippen LogP contribution in [0.5, 0.6) is 0 Å². The molecule has 2 aromatic rings. The van der Waals surface area contributed by atoms with Crippen molar-refractivity contribution in [1.29, 1.82) is 0 Å². The van der Waals surface area contributed by atoms with E-state index in [0.717, 1.165) is 62.7 Å². The summed E-state index contributed by atoms with van der Waals surface area (Å²) < 4.78 is 16.3. The van der Waals surface area contributed by atoms with Crippen molar-refractivity contribution in [2.75, 3.05) is 19.6 Å². The fourth-order valence-corrected chi connectivity index (χ4v) is 3.38. The Bertz CT molecular complexity index is 770. The van der Waals surface area contributed by atoms with E-state index in [1.54, 1.807) is 12.1 Å². The Morgan fingerprint density at radius 2 is 2.04 bits per heavy atom. The van der Waals surface area contributed by atoms with Crippen molar-refractivity contribution in [2.45, 2.75) is 51.5 Å². The standard InChI is InChI=1S/C21H30FN5.HI/c1-3-23-20(25-12-6-7-14-27-15-13-24-17(27)2)26-16-21(10-11-21)18-8-4-5-9-19(18)22;/h4-5,8-9,13,15H,3,6-7,10-12,14,16H2,1-2H3,(H2,23,25,26);1H. The van der Waals surface area contributed by atoms with E-state index in [9.17, 15) is 4.39 Å². The van der Waals surface area contributed by atoms with Crippen LogP contribution in [0.15, 0.2) is 41.7 Å². The molecule has 2 N–H and O–H groups in total. The first-order valence-electron chi connectivity index (χ1n) is 9.89. The maximum absolute atomic E-state index is 14.1. The van der Waals surface area contributed by atoms with E-state index in [-0.39, 0.29) is 35.2 Å². The van der Waals surface area contributed by atoms with Gasteiger partial charge in [0.05, 0.1) is 6.54 Å². The number of nitrogens with zero attached hydrogens (tertiary/aromatic N) is 3. The Morgan fingerprint density at radius 1 is 1.25 bits per heavy atom. The van der Waals surface area contributed by atoms with E-state index in [2.05, 4.69) is 27.1 Å². The van der Waals surface area contributed by atoms with E-state index in [0.29, 0.717) is 6.54 Å². The van der Waals surface area contributed by atoms with Crippen LogP contribution in [0.4, 0.5) is 4.39 Å². The van der Waals surface area contributed by atoms with Crippen LogP contribution in [0, 0.1) is 12.7 Å². The second-order valence-electron chi connectivity index (χ2n) is 7.26. The molecule has 0 amide bonds. The van der Waals surface area contributed by atoms with Gasteiger partial charge in [-0.15, -0.1) is 24.0 Å². The van der Waals surface area contributed by atoms with Crippen LogP contribution in [0.25, 0.3) is 0 Å². The summed E-state index contributed by atoms with van der Waals surface area (Å²) >= 11 is 0. The number of guanidine groups is 1. The Labute approximate surface area is 184 Å². The molecule has 1 aliphatic rings. The summed E-state index contributed by atoms with van der Waals surface area (Å²) in [6.07, 6.45) is 8.00. The van der Waals surface area contributed by atoms with Crippen LogP contribution in [0.1, 0.15) is 44.0 Å². The highest BCUT2D eigenvalue weighted by atomic mass is 127. The highest BCUT2D eigenvalue weighted by molar-refractivity contribution is 14.0. The molecule has 0 saturated heterocycles. The van der Waals surface area contributed by atoms with Crippen LogP contribution < -0.4 is 10.6 Å². The first-order valence-corrected chi connectivity index (χ1v) is 9.89. The first-order chi connectivity index (χ1) is 13.1. The van der Waals surface area contributed by atoms with Crippen molar-refractivity contribution in [1.82, 2.24) is 20.2 Å². The topological polar surface area (TPSA) is 54.2 Å². The average molecular weight is 499 g/mol. The molecule has 1 saturated carbocycles. The van der Waals surface area contributed by atoms with Crippen LogP contribution >= 0.6 is 24.0 Å². The number of hydrogen-bond acceptors (Lipinski definition) is 2. The fraction of sp³-hybridized carbons (Fsp3) is 0.524. The van der Waals surface area contributed by atoms with E-state index < -0.39 is 0 Å². The molecule has 0 radical (unpaired) electrons. The van der Waals surface area contributed by atoms with Crippen molar-refractivity contribution in [3.8, 4) is 0 Å². The molecule has 28 heavy (non-hydrogen) atoms. The van der Waals surface area contributed by atoms with E-state index in [1.807, 2.05) is 31.5 Å². The van der Waals surface area contributed by atoms with Crippen molar-refractivity contribution < 1.29 is 4.39 Å². The first kappa shape index (κ1) is 22.6. The monoisotopic (exact) mass is 499 g/mol. The van der Waals surface area contributed by atoms with E-state index in [1.165, 1.54) is 0 Å². The molecule has 1 fully saturated rings. The number of imidazole rings is 1. The molecule has 1 aliphatic carbocycles. The maximum atomic E-state index is 14.1. The minimum atomic E-state index is -0.118. The minimum absolute atomic E-state index is 0. The predicted octanol–water partition coefficient (Wildman–Crippen LogP) is 4.02. The lowest BCUT2D eigenvalue weighted by Crippen LogP contribution is -2.38. The molecule has 0 unspecified atom stereocenters. The maximum Gasteiger partial charge on any atom is 0.191 e. The van der Waals surface area contributed by atoms with Gasteiger partial charge in [-0.1, -0.05) is 18.2 Å². The van der Waals surface area contributed by atoms with Crippen LogP contribution in [-0.2, 0) is 12.0 Å². The van der Waals surface area contributed by atoms with E-state index >= 15 is 0 Å². The third-order valence-electron chi connectivity index (χ3n) is 5.22. The molecule has 1 heterocycles. The van der Waals surface area contributed by atoms with Gasteiger partial charge in [-0.05, 0) is 51.2 Å². The number of halogens is 2. The third kappa shape index (κ3) is 5.93. The summed E-state index contributed by atoms with van der Waals surface area (Å²) in [5, 5.41) is 6.69. The van der Waals surface area contributed by atoms with Gasteiger partial charge in [-0.25, -0.2) is 9.37 Å². The minimum Gasteiger partial charge on any atom is -0.357 e. The fourth-order valence-electron chi connectivity index (χ4n) is 3.38. The number of benzene rings is 1. The second-order valence-corrected chi connectivity index (χ2v) is 7.26. The quantitative estimate of drug-likeness (QED) is 0.237. The summed E-state index contributed by atoms with van der Waals surface area (Å²) in [5.41, 5.74) is 0.687. The molecule has 3 rings (SSSR count). The van der Waals surface area contributed by atoms with Gasteiger partial charge in [0.1, 0.15) is 11.6 Å². The summed E-state index contributed by atoms with van der Waals surface area (Å²) in [6, 6.07) is 7.10. The number of hydrogen-bond donors (Lipinski definition) is 2. The average Bonchev–Trinajstić information content (AvgIpc) is 3.35. The number of aromatic nitrogens is 2. The molecule has 7 heteroatoms. The number of aryl methyl sites for hydroxylation is 2. The summed E-state index contributed by atoms with van der Waals surface area (Å²) in [5.74, 6) is 1.76. The molecule has 1 aromatic carbocycles. The van der Waals surface area contributed by atoms with Gasteiger partial charge in [-0.3, -0.25) is 4.99 Å². The zero-order valence-corrected chi connectivity index (χ0v) is 19.1. The summed E-state index contributed by atoms with van der Waals surface area (Å²) in [6.45, 7) is 7.37. The number of rotatable bonds is 9. The van der Waals surface area contributed by atoms with Crippen molar-refractivity contribution in [3.05, 3.63) is 53.9 Å². The Hall–Kier alpha value is -1.64. The van der Waals surface area contributed by atoms with Gasteiger partial charge in [0.15, 0.2) is 5.96 Å². The van der Waals surface area contributed by atoms with E-state index in [4.69, 9.17) is 4.99 Å². The highest BCUT2D eigenvalue weighted by Gasteiger charge is 2.45. The second kappa shape index (κ2) is 10.8. The molecule has 5 nitrogen and oxygen atoms in total. The Morgan fingerprint density at radius 3 is 2.68 bits per heavy atom. The zero-order chi connectivity index (χ0) is 19.1. The molecule has 0 bridgehead atoms. The Kier molecular flexibility index (Phi) is 8.72. The van der Waals surface area contributed by atoms with Gasteiger partial charge in [0.25, 0.3) is 0 Å². The molecule has 0 aliphatic heterocycles. The van der Waals surface area contributed by atoms with Crippen LogP contribution in [0.3, 0.4) is 0 Å². The lowest BCUT2D eigenvalue weighted by molar-refractivity contribution is 0.570. The number of aliphatic imine (C=N–C) groups is 1. The predicted molar refractivity (Wildman–Crippen MR) is 123 cm³/mol. The SMILES string of the molecule is CCNC(=NCC1(c2ccccc2F)CC1)NCCCCn1ccnc1C.I. The van der Waals surface area contributed by atoms with Gasteiger partial charge in [-0.2, -0.15) is 0 Å². The zero-order valence-electron chi connectivity index (χ0n) is 16.7. The molecule has 0 spiro atoms. The van der Waals surface area contributed by atoms with Gasteiger partial charge < -0.3 is 15.2 Å². The lowest BCUT2D eigenvalue weighted by Gasteiger charge is -2.16. The molecule has 154 valence electrons. The summed E-state index contributed by atoms with van der Waals surface area (Å²) in [4.78, 5) is 8.98. The Balaban J connectivity index is 0.00000280. The van der Waals surface area contributed by atoms with Gasteiger partial charge >= 0.3 is 0 Å². The van der Waals surface area contributed by atoms with Crippen LogP contribution in [0.2, 0.25) is 0 Å². The van der Waals surface area contributed by atoms with Gasteiger partial charge in [0.2, 0.25) is 0 Å². The largest absolute Gasteiger partial charge is 0.357 e. The normalized spacial score (nSPS) is 15.0. The molecular formula is C21H31FIN5. The van der Waals surface area contributed by atoms with Gasteiger partial charge in [0, 0.05) is 37.4 Å². The number of unbranched alkanes of at least 4 members (excludes halogenated alkanes) is 1. The smallest absolute Gasteiger partial charge is 0.191 e.